The van der Waals surface area contributed by atoms with Crippen LogP contribution in [0.5, 0.6) is 0 Å². The lowest BCUT2D eigenvalue weighted by Crippen LogP contribution is -2.45. The van der Waals surface area contributed by atoms with E-state index >= 15 is 0 Å². The Morgan fingerprint density at radius 1 is 1.12 bits per heavy atom. The van der Waals surface area contributed by atoms with Crippen LogP contribution in [-0.2, 0) is 0 Å². The van der Waals surface area contributed by atoms with Gasteiger partial charge in [-0.15, -0.1) is 11.3 Å². The maximum Gasteiger partial charge on any atom is 0.414 e. The molecular weight excluding hydrogens is 452 g/mol. The van der Waals surface area contributed by atoms with Crippen molar-refractivity contribution in [1.29, 1.82) is 0 Å². The summed E-state index contributed by atoms with van der Waals surface area (Å²) in [4.78, 5) is 33.5. The van der Waals surface area contributed by atoms with Crippen LogP contribution in [0.2, 0.25) is 0 Å². The Morgan fingerprint density at radius 2 is 1.94 bits per heavy atom. The molecule has 2 amide bonds. The highest BCUT2D eigenvalue weighted by Gasteiger charge is 2.31. The van der Waals surface area contributed by atoms with Crippen molar-refractivity contribution >= 4 is 56.0 Å². The van der Waals surface area contributed by atoms with Crippen molar-refractivity contribution in [2.45, 2.75) is 26.3 Å². The summed E-state index contributed by atoms with van der Waals surface area (Å²) in [6.07, 6.45) is 2.42. The van der Waals surface area contributed by atoms with Gasteiger partial charge < -0.3 is 15.4 Å². The fourth-order valence-electron chi connectivity index (χ4n) is 3.96. The average Bonchev–Trinajstić information content (AvgIpc) is 3.52. The molecule has 0 saturated carbocycles. The topological polar surface area (TPSA) is 127 Å². The minimum atomic E-state index is -1.12. The predicted octanol–water partition coefficient (Wildman–Crippen LogP) is 5.70. The van der Waals surface area contributed by atoms with E-state index in [1.165, 1.54) is 0 Å². The number of fused-ring (bicyclic) bond motifs is 2. The molecule has 4 N–H and O–H groups in total. The number of hydrogen-bond donors (Lipinski definition) is 4. The number of benzene rings is 2. The van der Waals surface area contributed by atoms with E-state index in [0.717, 1.165) is 49.2 Å². The minimum absolute atomic E-state index is 0.144. The highest BCUT2D eigenvalue weighted by Crippen LogP contribution is 2.34. The van der Waals surface area contributed by atoms with E-state index in [1.807, 2.05) is 42.6 Å². The fraction of sp³-hybridized carbons (Fsp3) is 0.167. The van der Waals surface area contributed by atoms with Gasteiger partial charge in [-0.05, 0) is 56.2 Å². The molecule has 172 valence electrons. The molecule has 0 bridgehead atoms. The van der Waals surface area contributed by atoms with E-state index in [4.69, 9.17) is 0 Å². The molecule has 3 heterocycles. The van der Waals surface area contributed by atoms with Crippen molar-refractivity contribution in [2.75, 3.05) is 10.2 Å². The van der Waals surface area contributed by atoms with Gasteiger partial charge in [0.1, 0.15) is 5.69 Å². The van der Waals surface area contributed by atoms with Crippen LogP contribution in [0.15, 0.2) is 54.2 Å². The van der Waals surface area contributed by atoms with Crippen LogP contribution >= 0.6 is 11.3 Å². The Bertz CT molecular complexity index is 1540. The zero-order valence-corrected chi connectivity index (χ0v) is 19.5. The lowest BCUT2D eigenvalue weighted by atomic mass is 9.99. The zero-order valence-electron chi connectivity index (χ0n) is 18.7. The first-order valence-corrected chi connectivity index (χ1v) is 11.4. The molecule has 34 heavy (non-hydrogen) atoms. The van der Waals surface area contributed by atoms with Gasteiger partial charge in [-0.3, -0.25) is 9.89 Å². The van der Waals surface area contributed by atoms with Gasteiger partial charge in [0.25, 0.3) is 5.91 Å². The first-order valence-electron chi connectivity index (χ1n) is 10.6. The van der Waals surface area contributed by atoms with Crippen molar-refractivity contribution in [3.05, 3.63) is 59.9 Å². The van der Waals surface area contributed by atoms with Gasteiger partial charge in [0, 0.05) is 33.4 Å². The van der Waals surface area contributed by atoms with E-state index in [9.17, 15) is 14.7 Å². The molecule has 10 heteroatoms. The van der Waals surface area contributed by atoms with Crippen molar-refractivity contribution in [1.82, 2.24) is 20.2 Å². The maximum absolute atomic E-state index is 13.1. The van der Waals surface area contributed by atoms with Gasteiger partial charge in [-0.25, -0.2) is 14.7 Å². The van der Waals surface area contributed by atoms with Crippen LogP contribution in [0.4, 0.5) is 15.6 Å². The maximum atomic E-state index is 13.1. The summed E-state index contributed by atoms with van der Waals surface area (Å²) in [5.41, 5.74) is 3.76. The van der Waals surface area contributed by atoms with E-state index in [2.05, 4.69) is 25.5 Å². The molecule has 0 unspecified atom stereocenters. The molecule has 0 saturated heterocycles. The zero-order chi connectivity index (χ0) is 24.0. The van der Waals surface area contributed by atoms with Crippen molar-refractivity contribution in [3.63, 3.8) is 0 Å². The molecule has 3 aromatic heterocycles. The number of H-pyrrole nitrogens is 2. The molecule has 9 nitrogen and oxygen atoms in total. The monoisotopic (exact) mass is 474 g/mol. The van der Waals surface area contributed by atoms with Crippen LogP contribution in [0.25, 0.3) is 32.9 Å². The third-order valence-electron chi connectivity index (χ3n) is 5.49. The fourth-order valence-corrected chi connectivity index (χ4v) is 4.95. The van der Waals surface area contributed by atoms with Crippen molar-refractivity contribution in [2.24, 2.45) is 0 Å². The Balaban J connectivity index is 1.51. The summed E-state index contributed by atoms with van der Waals surface area (Å²) in [5.74, 6) is -0.429. The average molecular weight is 475 g/mol. The second-order valence-corrected chi connectivity index (χ2v) is 9.69. The number of aromatic amines is 2. The Hall–Kier alpha value is -4.18. The van der Waals surface area contributed by atoms with Crippen molar-refractivity contribution in [3.8, 4) is 11.1 Å². The normalized spacial score (nSPS) is 11.7. The van der Waals surface area contributed by atoms with Crippen LogP contribution in [0.1, 0.15) is 31.3 Å². The van der Waals surface area contributed by atoms with Gasteiger partial charge in [-0.1, -0.05) is 12.1 Å². The predicted molar refractivity (Wildman–Crippen MR) is 134 cm³/mol. The summed E-state index contributed by atoms with van der Waals surface area (Å²) in [5, 5.41) is 23.3. The standard InChI is InChI=1S/C24H22N6O3S/c1-24(2,3)30(23(32)33)22-28-20(12-34-22)21(31)27-18-9-13(10-19-16(18)11-26-29-19)14-5-4-6-17-15(14)7-8-25-17/h4-12,25H,1-3H3,(H,26,29)(H,27,31)(H,32,33). The summed E-state index contributed by atoms with van der Waals surface area (Å²) < 4.78 is 0. The van der Waals surface area contributed by atoms with Crippen LogP contribution in [0.3, 0.4) is 0 Å². The Morgan fingerprint density at radius 3 is 2.71 bits per heavy atom. The molecule has 0 aliphatic heterocycles. The number of thiazole rings is 1. The van der Waals surface area contributed by atoms with Crippen LogP contribution < -0.4 is 10.2 Å². The summed E-state index contributed by atoms with van der Waals surface area (Å²) in [6, 6.07) is 11.9. The van der Waals surface area contributed by atoms with Gasteiger partial charge in [-0.2, -0.15) is 5.10 Å². The van der Waals surface area contributed by atoms with Gasteiger partial charge in [0.15, 0.2) is 5.13 Å². The number of hydrogen-bond acceptors (Lipinski definition) is 5. The molecule has 5 aromatic rings. The quantitative estimate of drug-likeness (QED) is 0.266. The lowest BCUT2D eigenvalue weighted by molar-refractivity contribution is 0.102. The number of nitrogens with one attached hydrogen (secondary N) is 3. The van der Waals surface area contributed by atoms with Gasteiger partial charge >= 0.3 is 6.09 Å². The Labute approximate surface area is 198 Å². The third-order valence-corrected chi connectivity index (χ3v) is 6.32. The molecule has 0 aliphatic rings. The van der Waals surface area contributed by atoms with E-state index < -0.39 is 17.5 Å². The van der Waals surface area contributed by atoms with E-state index in [1.54, 1.807) is 32.3 Å². The van der Waals surface area contributed by atoms with Crippen LogP contribution in [0, 0.1) is 0 Å². The number of aromatic nitrogens is 4. The van der Waals surface area contributed by atoms with Gasteiger partial charge in [0.2, 0.25) is 0 Å². The Kier molecular flexibility index (Phi) is 5.09. The lowest BCUT2D eigenvalue weighted by Gasteiger charge is -2.30. The largest absolute Gasteiger partial charge is 0.465 e. The second kappa shape index (κ2) is 7.99. The van der Waals surface area contributed by atoms with Crippen LogP contribution in [-0.4, -0.2) is 42.8 Å². The number of rotatable bonds is 4. The third kappa shape index (κ3) is 3.77. The smallest absolute Gasteiger partial charge is 0.414 e. The SMILES string of the molecule is CC(C)(C)N(C(=O)O)c1nc(C(=O)Nc2cc(-c3cccc4[nH]ccc34)cc3[nH]ncc23)cs1. The number of amides is 2. The molecule has 2 aromatic carbocycles. The molecule has 0 atom stereocenters. The van der Waals surface area contributed by atoms with Gasteiger partial charge in [0.05, 0.1) is 17.4 Å². The minimum Gasteiger partial charge on any atom is -0.465 e. The highest BCUT2D eigenvalue weighted by molar-refractivity contribution is 7.14. The van der Waals surface area contributed by atoms with E-state index in [0.29, 0.717) is 5.69 Å². The highest BCUT2D eigenvalue weighted by atomic mass is 32.1. The molecule has 0 spiro atoms. The molecule has 0 fully saturated rings. The second-order valence-electron chi connectivity index (χ2n) is 8.86. The first kappa shape index (κ1) is 21.7. The number of carbonyl (C=O) groups is 2. The van der Waals surface area contributed by atoms with Crippen molar-refractivity contribution < 1.29 is 14.7 Å². The summed E-state index contributed by atoms with van der Waals surface area (Å²) >= 11 is 1.11. The molecule has 0 aliphatic carbocycles. The number of nitrogens with zero attached hydrogens (tertiary/aromatic N) is 3. The number of anilines is 2. The molecule has 5 rings (SSSR count). The van der Waals surface area contributed by atoms with E-state index in [-0.39, 0.29) is 10.8 Å². The first-order chi connectivity index (χ1) is 16.2. The summed E-state index contributed by atoms with van der Waals surface area (Å²) in [7, 11) is 0. The molecular formula is C24H22N6O3S. The molecule has 0 radical (unpaired) electrons. The number of carboxylic acid groups (broad SMARTS) is 1. The summed E-state index contributed by atoms with van der Waals surface area (Å²) in [6.45, 7) is 5.32. The number of carbonyl (C=O) groups excluding carboxylic acids is 1.